The number of hydrogen-bond acceptors (Lipinski definition) is 4. The van der Waals surface area contributed by atoms with E-state index >= 15 is 0 Å². The molecule has 0 aliphatic rings. The smallest absolute Gasteiger partial charge is 0.252 e. The molecule has 122 valence electrons. The fourth-order valence-corrected chi connectivity index (χ4v) is 4.60. The van der Waals surface area contributed by atoms with Crippen molar-refractivity contribution in [2.24, 2.45) is 0 Å². The van der Waals surface area contributed by atoms with Gasteiger partial charge in [-0.25, -0.2) is 8.42 Å². The van der Waals surface area contributed by atoms with Crippen LogP contribution in [-0.4, -0.2) is 19.9 Å². The molecule has 0 heterocycles. The molecule has 2 rings (SSSR count). The van der Waals surface area contributed by atoms with Crippen LogP contribution in [0, 0.1) is 0 Å². The van der Waals surface area contributed by atoms with Crippen molar-refractivity contribution in [1.82, 2.24) is 0 Å². The molecule has 0 amide bonds. The lowest BCUT2D eigenvalue weighted by molar-refractivity contribution is 0.108. The van der Waals surface area contributed by atoms with Gasteiger partial charge in [-0.1, -0.05) is 30.3 Å². The summed E-state index contributed by atoms with van der Waals surface area (Å²) in [5.41, 5.74) is 0.948. The largest absolute Gasteiger partial charge is 0.276 e. The summed E-state index contributed by atoms with van der Waals surface area (Å²) in [5, 5.41) is -0.0511. The first-order valence-corrected chi connectivity index (χ1v) is 10.2. The fourth-order valence-electron chi connectivity index (χ4n) is 2.08. The summed E-state index contributed by atoms with van der Waals surface area (Å²) in [5.74, 6) is 0. The number of hydrogen-bond donors (Lipinski definition) is 0. The van der Waals surface area contributed by atoms with Gasteiger partial charge in [0, 0.05) is 26.6 Å². The highest BCUT2D eigenvalue weighted by Crippen LogP contribution is 2.36. The zero-order valence-electron chi connectivity index (χ0n) is 12.5. The van der Waals surface area contributed by atoms with E-state index in [4.69, 9.17) is 23.2 Å². The quantitative estimate of drug-likeness (QED) is 0.687. The van der Waals surface area contributed by atoms with Gasteiger partial charge >= 0.3 is 0 Å². The van der Waals surface area contributed by atoms with E-state index in [1.807, 2.05) is 19.1 Å². The van der Waals surface area contributed by atoms with E-state index in [9.17, 15) is 13.2 Å². The summed E-state index contributed by atoms with van der Waals surface area (Å²) >= 11 is 12.8. The molecule has 7 heteroatoms. The van der Waals surface area contributed by atoms with Crippen LogP contribution < -0.4 is 0 Å². The second kappa shape index (κ2) is 7.26. The van der Waals surface area contributed by atoms with Gasteiger partial charge in [0.15, 0.2) is 9.84 Å². The normalized spacial score (nSPS) is 11.5. The molecule has 0 unspecified atom stereocenters. The molecule has 0 fully saturated rings. The molecule has 3 nitrogen and oxygen atoms in total. The van der Waals surface area contributed by atoms with Crippen molar-refractivity contribution in [3.8, 4) is 0 Å². The van der Waals surface area contributed by atoms with Crippen molar-refractivity contribution in [1.29, 1.82) is 0 Å². The summed E-state index contributed by atoms with van der Waals surface area (Å²) in [7, 11) is -3.50. The maximum atomic E-state index is 12.1. The Kier molecular flexibility index (Phi) is 5.79. The molecule has 0 saturated carbocycles. The number of benzene rings is 2. The third-order valence-electron chi connectivity index (χ3n) is 3.20. The van der Waals surface area contributed by atoms with Crippen LogP contribution >= 0.6 is 35.0 Å². The monoisotopic (exact) mass is 388 g/mol. The topological polar surface area (TPSA) is 51.2 Å². The molecule has 23 heavy (non-hydrogen) atoms. The number of carbonyl (C=O) groups excluding carboxylic acids is 1. The van der Waals surface area contributed by atoms with Crippen molar-refractivity contribution in [3.05, 3.63) is 52.5 Å². The van der Waals surface area contributed by atoms with E-state index in [-0.39, 0.29) is 10.5 Å². The van der Waals surface area contributed by atoms with Crippen LogP contribution in [0.25, 0.3) is 0 Å². The van der Waals surface area contributed by atoms with Gasteiger partial charge in [-0.15, -0.1) is 0 Å². The van der Waals surface area contributed by atoms with E-state index in [0.717, 1.165) is 11.2 Å². The SMILES string of the molecule is CCc1cc(Sc2ccc(Cl)cc2)c(S(C)(=O)=O)cc1C(=O)Cl. The minimum absolute atomic E-state index is 0.0960. The average Bonchev–Trinajstić information content (AvgIpc) is 2.47. The minimum atomic E-state index is -3.50. The number of carbonyl (C=O) groups is 1. The van der Waals surface area contributed by atoms with E-state index < -0.39 is 15.1 Å². The predicted octanol–water partition coefficient (Wildman–Crippen LogP) is 4.84. The van der Waals surface area contributed by atoms with E-state index in [2.05, 4.69) is 0 Å². The number of aryl methyl sites for hydroxylation is 1. The summed E-state index contributed by atoms with van der Waals surface area (Å²) in [6, 6.07) is 10.2. The van der Waals surface area contributed by atoms with Crippen LogP contribution in [-0.2, 0) is 16.3 Å². The number of halogens is 2. The van der Waals surface area contributed by atoms with Gasteiger partial charge in [0.05, 0.1) is 4.90 Å². The number of rotatable bonds is 5. The summed E-state index contributed by atoms with van der Waals surface area (Å²) < 4.78 is 24.2. The summed E-state index contributed by atoms with van der Waals surface area (Å²) in [6.45, 7) is 1.88. The van der Waals surface area contributed by atoms with Gasteiger partial charge < -0.3 is 0 Å². The van der Waals surface area contributed by atoms with Gasteiger partial charge in [-0.2, -0.15) is 0 Å². The second-order valence-corrected chi connectivity index (χ2v) is 8.79. The lowest BCUT2D eigenvalue weighted by Gasteiger charge is -2.13. The highest BCUT2D eigenvalue weighted by Gasteiger charge is 2.20. The molecule has 0 aliphatic heterocycles. The Labute approximate surface area is 149 Å². The maximum Gasteiger partial charge on any atom is 0.252 e. The summed E-state index contributed by atoms with van der Waals surface area (Å²) in [6.07, 6.45) is 1.69. The molecule has 0 aromatic heterocycles. The van der Waals surface area contributed by atoms with Crippen molar-refractivity contribution < 1.29 is 13.2 Å². The Hall–Kier alpha value is -1.01. The maximum absolute atomic E-state index is 12.1. The molecular formula is C16H14Cl2O3S2. The Morgan fingerprint density at radius 3 is 2.26 bits per heavy atom. The zero-order valence-corrected chi connectivity index (χ0v) is 15.6. The third-order valence-corrected chi connectivity index (χ3v) is 5.99. The van der Waals surface area contributed by atoms with E-state index in [0.29, 0.717) is 21.9 Å². The Bertz CT molecular complexity index is 844. The van der Waals surface area contributed by atoms with Crippen molar-refractivity contribution in [2.75, 3.05) is 6.26 Å². The van der Waals surface area contributed by atoms with Gasteiger partial charge in [-0.3, -0.25) is 4.79 Å². The lowest BCUT2D eigenvalue weighted by atomic mass is 10.1. The van der Waals surface area contributed by atoms with E-state index in [1.165, 1.54) is 17.8 Å². The summed E-state index contributed by atoms with van der Waals surface area (Å²) in [4.78, 5) is 13.1. The van der Waals surface area contributed by atoms with Gasteiger partial charge in [-0.05, 0) is 60.0 Å². The molecule has 2 aromatic rings. The van der Waals surface area contributed by atoms with Crippen LogP contribution in [0.4, 0.5) is 0 Å². The standard InChI is InChI=1S/C16H14Cl2O3S2/c1-3-10-8-14(22-12-6-4-11(17)5-7-12)15(23(2,20)21)9-13(10)16(18)19/h4-9H,3H2,1-2H3. The van der Waals surface area contributed by atoms with Gasteiger partial charge in [0.25, 0.3) is 5.24 Å². The molecule has 0 atom stereocenters. The van der Waals surface area contributed by atoms with Crippen molar-refractivity contribution >= 4 is 50.0 Å². The molecule has 0 spiro atoms. The molecule has 2 aromatic carbocycles. The van der Waals surface area contributed by atoms with Crippen molar-refractivity contribution in [2.45, 2.75) is 28.0 Å². The number of sulfone groups is 1. The first kappa shape index (κ1) is 18.3. The lowest BCUT2D eigenvalue weighted by Crippen LogP contribution is -2.05. The Balaban J connectivity index is 2.60. The molecular weight excluding hydrogens is 375 g/mol. The Morgan fingerprint density at radius 2 is 1.78 bits per heavy atom. The fraction of sp³-hybridized carbons (Fsp3) is 0.188. The second-order valence-electron chi connectivity index (χ2n) is 4.91. The van der Waals surface area contributed by atoms with E-state index in [1.54, 1.807) is 18.2 Å². The van der Waals surface area contributed by atoms with Crippen LogP contribution in [0.2, 0.25) is 5.02 Å². The first-order chi connectivity index (χ1) is 10.7. The van der Waals surface area contributed by atoms with Crippen LogP contribution in [0.3, 0.4) is 0 Å². The first-order valence-electron chi connectivity index (χ1n) is 6.72. The minimum Gasteiger partial charge on any atom is -0.276 e. The van der Waals surface area contributed by atoms with Gasteiger partial charge in [0.2, 0.25) is 0 Å². The molecule has 0 radical (unpaired) electrons. The molecule has 0 aliphatic carbocycles. The van der Waals surface area contributed by atoms with Crippen LogP contribution in [0.5, 0.6) is 0 Å². The Morgan fingerprint density at radius 1 is 1.17 bits per heavy atom. The van der Waals surface area contributed by atoms with Crippen LogP contribution in [0.15, 0.2) is 51.1 Å². The zero-order chi connectivity index (χ0) is 17.2. The highest BCUT2D eigenvalue weighted by atomic mass is 35.5. The van der Waals surface area contributed by atoms with Gasteiger partial charge in [0.1, 0.15) is 0 Å². The highest BCUT2D eigenvalue weighted by molar-refractivity contribution is 8.00. The third kappa shape index (κ3) is 4.51. The predicted molar refractivity (Wildman–Crippen MR) is 94.7 cm³/mol. The van der Waals surface area contributed by atoms with Crippen LogP contribution in [0.1, 0.15) is 22.8 Å². The van der Waals surface area contributed by atoms with Crippen molar-refractivity contribution in [3.63, 3.8) is 0 Å². The molecule has 0 saturated heterocycles. The average molecular weight is 389 g/mol. The molecule has 0 N–H and O–H groups in total. The molecule has 0 bridgehead atoms.